The molecule has 21 heavy (non-hydrogen) atoms. The van der Waals surface area contributed by atoms with Crippen LogP contribution in [0.5, 0.6) is 5.75 Å². The third-order valence-corrected chi connectivity index (χ3v) is 4.03. The first-order valence-corrected chi connectivity index (χ1v) is 7.75. The molecule has 110 valence electrons. The Morgan fingerprint density at radius 1 is 1.29 bits per heavy atom. The number of hydrogen-bond acceptors (Lipinski definition) is 3. The van der Waals surface area contributed by atoms with Crippen molar-refractivity contribution < 1.29 is 9.53 Å². The lowest BCUT2D eigenvalue weighted by Gasteiger charge is -2.18. The van der Waals surface area contributed by atoms with Crippen LogP contribution in [-0.4, -0.2) is 24.5 Å². The molecule has 1 aromatic heterocycles. The van der Waals surface area contributed by atoms with Crippen molar-refractivity contribution in [2.45, 2.75) is 13.5 Å². The molecule has 0 N–H and O–H groups in total. The maximum absolute atomic E-state index is 12.3. The zero-order valence-electron chi connectivity index (χ0n) is 12.3. The van der Waals surface area contributed by atoms with Crippen LogP contribution in [0.3, 0.4) is 0 Å². The molecule has 1 heterocycles. The lowest BCUT2D eigenvalue weighted by atomic mass is 10.2. The molecule has 0 bridgehead atoms. The SMILES string of the molecule is CCN(Cc1cccs1)C(=O)C=Cc1ccccc1OC. The molecule has 0 atom stereocenters. The van der Waals surface area contributed by atoms with Gasteiger partial charge in [-0.15, -0.1) is 11.3 Å². The van der Waals surface area contributed by atoms with E-state index in [9.17, 15) is 4.79 Å². The Balaban J connectivity index is 2.06. The third kappa shape index (κ3) is 4.20. The summed E-state index contributed by atoms with van der Waals surface area (Å²) in [5, 5.41) is 2.03. The summed E-state index contributed by atoms with van der Waals surface area (Å²) >= 11 is 1.67. The van der Waals surface area contributed by atoms with Crippen molar-refractivity contribution in [2.75, 3.05) is 13.7 Å². The van der Waals surface area contributed by atoms with Crippen LogP contribution in [0, 0.1) is 0 Å². The van der Waals surface area contributed by atoms with Crippen molar-refractivity contribution in [1.29, 1.82) is 0 Å². The summed E-state index contributed by atoms with van der Waals surface area (Å²) in [5.74, 6) is 0.777. The van der Waals surface area contributed by atoms with Crippen LogP contribution >= 0.6 is 11.3 Å². The monoisotopic (exact) mass is 301 g/mol. The number of hydrogen-bond donors (Lipinski definition) is 0. The predicted molar refractivity (Wildman–Crippen MR) is 87.4 cm³/mol. The molecule has 3 nitrogen and oxygen atoms in total. The van der Waals surface area contributed by atoms with Gasteiger partial charge in [0.25, 0.3) is 0 Å². The van der Waals surface area contributed by atoms with E-state index in [1.54, 1.807) is 30.6 Å². The smallest absolute Gasteiger partial charge is 0.246 e. The van der Waals surface area contributed by atoms with Gasteiger partial charge in [-0.05, 0) is 30.5 Å². The Kier molecular flexibility index (Phi) is 5.58. The van der Waals surface area contributed by atoms with Crippen LogP contribution in [-0.2, 0) is 11.3 Å². The lowest BCUT2D eigenvalue weighted by Crippen LogP contribution is -2.28. The van der Waals surface area contributed by atoms with Crippen LogP contribution < -0.4 is 4.74 Å². The second-order valence-electron chi connectivity index (χ2n) is 4.51. The minimum Gasteiger partial charge on any atom is -0.496 e. The number of para-hydroxylation sites is 1. The average molecular weight is 301 g/mol. The first kappa shape index (κ1) is 15.3. The molecule has 2 aromatic rings. The molecule has 0 aliphatic carbocycles. The number of amides is 1. The second kappa shape index (κ2) is 7.64. The van der Waals surface area contributed by atoms with Crippen molar-refractivity contribution in [3.05, 3.63) is 58.3 Å². The number of ether oxygens (including phenoxy) is 1. The lowest BCUT2D eigenvalue weighted by molar-refractivity contribution is -0.126. The van der Waals surface area contributed by atoms with Gasteiger partial charge in [-0.25, -0.2) is 0 Å². The minimum atomic E-state index is 0.0109. The Morgan fingerprint density at radius 2 is 2.10 bits per heavy atom. The van der Waals surface area contributed by atoms with E-state index < -0.39 is 0 Å². The zero-order valence-corrected chi connectivity index (χ0v) is 13.1. The van der Waals surface area contributed by atoms with Crippen molar-refractivity contribution in [2.24, 2.45) is 0 Å². The highest BCUT2D eigenvalue weighted by molar-refractivity contribution is 7.09. The summed E-state index contributed by atoms with van der Waals surface area (Å²) in [4.78, 5) is 15.3. The summed E-state index contributed by atoms with van der Waals surface area (Å²) in [6.45, 7) is 3.33. The number of likely N-dealkylation sites (N-methyl/N-ethyl adjacent to an activating group) is 1. The molecular formula is C17H19NO2S. The Bertz CT molecular complexity index is 605. The van der Waals surface area contributed by atoms with Crippen LogP contribution in [0.4, 0.5) is 0 Å². The van der Waals surface area contributed by atoms with Crippen molar-refractivity contribution >= 4 is 23.3 Å². The van der Waals surface area contributed by atoms with Gasteiger partial charge in [0.2, 0.25) is 5.91 Å². The van der Waals surface area contributed by atoms with Gasteiger partial charge in [-0.3, -0.25) is 4.79 Å². The van der Waals surface area contributed by atoms with Gasteiger partial charge < -0.3 is 9.64 Å². The van der Waals surface area contributed by atoms with E-state index in [-0.39, 0.29) is 5.91 Å². The second-order valence-corrected chi connectivity index (χ2v) is 5.54. The molecule has 0 saturated carbocycles. The topological polar surface area (TPSA) is 29.5 Å². The quantitative estimate of drug-likeness (QED) is 0.759. The molecule has 0 aliphatic heterocycles. The number of benzene rings is 1. The molecule has 0 spiro atoms. The average Bonchev–Trinajstić information content (AvgIpc) is 3.03. The number of thiophene rings is 1. The maximum Gasteiger partial charge on any atom is 0.246 e. The van der Waals surface area contributed by atoms with Crippen LogP contribution in [0.15, 0.2) is 47.9 Å². The van der Waals surface area contributed by atoms with Crippen LogP contribution in [0.25, 0.3) is 6.08 Å². The molecule has 0 fully saturated rings. The van der Waals surface area contributed by atoms with E-state index in [4.69, 9.17) is 4.74 Å². The molecule has 4 heteroatoms. The molecule has 0 unspecified atom stereocenters. The number of nitrogens with zero attached hydrogens (tertiary/aromatic N) is 1. The Morgan fingerprint density at radius 3 is 2.76 bits per heavy atom. The minimum absolute atomic E-state index is 0.0109. The van der Waals surface area contributed by atoms with Crippen LogP contribution in [0.1, 0.15) is 17.4 Å². The summed E-state index contributed by atoms with van der Waals surface area (Å²) in [7, 11) is 1.63. The van der Waals surface area contributed by atoms with Crippen molar-refractivity contribution in [3.63, 3.8) is 0 Å². The fourth-order valence-corrected chi connectivity index (χ4v) is 2.73. The van der Waals surface area contributed by atoms with Gasteiger partial charge in [0.1, 0.15) is 5.75 Å². The van der Waals surface area contributed by atoms with Gasteiger partial charge in [0.15, 0.2) is 0 Å². The highest BCUT2D eigenvalue weighted by Crippen LogP contribution is 2.19. The molecule has 1 aromatic carbocycles. The first-order chi connectivity index (χ1) is 10.2. The summed E-state index contributed by atoms with van der Waals surface area (Å²) in [5.41, 5.74) is 0.903. The van der Waals surface area contributed by atoms with Gasteiger partial charge in [-0.1, -0.05) is 24.3 Å². The largest absolute Gasteiger partial charge is 0.496 e. The summed E-state index contributed by atoms with van der Waals surface area (Å²) in [6.07, 6.45) is 3.41. The van der Waals surface area contributed by atoms with Gasteiger partial charge in [-0.2, -0.15) is 0 Å². The zero-order chi connectivity index (χ0) is 15.1. The Labute approximate surface area is 129 Å². The highest BCUT2D eigenvalue weighted by atomic mass is 32.1. The highest BCUT2D eigenvalue weighted by Gasteiger charge is 2.09. The van der Waals surface area contributed by atoms with Crippen LogP contribution in [0.2, 0.25) is 0 Å². The number of carbonyl (C=O) groups is 1. The predicted octanol–water partition coefficient (Wildman–Crippen LogP) is 3.82. The molecule has 2 rings (SSSR count). The molecular weight excluding hydrogens is 282 g/mol. The molecule has 0 aliphatic rings. The number of carbonyl (C=O) groups excluding carboxylic acids is 1. The fourth-order valence-electron chi connectivity index (χ4n) is 2.01. The van der Waals surface area contributed by atoms with E-state index in [0.717, 1.165) is 11.3 Å². The van der Waals surface area contributed by atoms with E-state index in [2.05, 4.69) is 0 Å². The summed E-state index contributed by atoms with van der Waals surface area (Å²) in [6, 6.07) is 11.7. The standard InChI is InChI=1S/C17H19NO2S/c1-3-18(13-15-8-6-12-21-15)17(19)11-10-14-7-4-5-9-16(14)20-2/h4-12H,3,13H2,1-2H3. The van der Waals surface area contributed by atoms with E-state index in [0.29, 0.717) is 13.1 Å². The van der Waals surface area contributed by atoms with Crippen molar-refractivity contribution in [1.82, 2.24) is 4.90 Å². The fraction of sp³-hybridized carbons (Fsp3) is 0.235. The van der Waals surface area contributed by atoms with Crippen molar-refractivity contribution in [3.8, 4) is 5.75 Å². The van der Waals surface area contributed by atoms with E-state index in [1.807, 2.05) is 53.6 Å². The molecule has 1 amide bonds. The van der Waals surface area contributed by atoms with E-state index >= 15 is 0 Å². The van der Waals surface area contributed by atoms with E-state index in [1.165, 1.54) is 4.88 Å². The normalized spacial score (nSPS) is 10.8. The Hall–Kier alpha value is -2.07. The number of rotatable bonds is 6. The van der Waals surface area contributed by atoms with Gasteiger partial charge in [0, 0.05) is 23.1 Å². The van der Waals surface area contributed by atoms with Gasteiger partial charge in [0.05, 0.1) is 13.7 Å². The molecule has 0 saturated heterocycles. The number of methoxy groups -OCH3 is 1. The first-order valence-electron chi connectivity index (χ1n) is 6.87. The summed E-state index contributed by atoms with van der Waals surface area (Å²) < 4.78 is 5.28. The molecule has 0 radical (unpaired) electrons. The third-order valence-electron chi connectivity index (χ3n) is 3.16. The van der Waals surface area contributed by atoms with Gasteiger partial charge >= 0.3 is 0 Å². The maximum atomic E-state index is 12.3.